The van der Waals surface area contributed by atoms with E-state index in [2.05, 4.69) is 15.8 Å². The van der Waals surface area contributed by atoms with Crippen LogP contribution in [0.4, 0.5) is 0 Å². The summed E-state index contributed by atoms with van der Waals surface area (Å²) in [4.78, 5) is 23.1. The number of benzene rings is 1. The van der Waals surface area contributed by atoms with Gasteiger partial charge in [0.05, 0.1) is 19.4 Å². The summed E-state index contributed by atoms with van der Waals surface area (Å²) in [6.45, 7) is 4.78. The van der Waals surface area contributed by atoms with Crippen molar-refractivity contribution in [3.05, 3.63) is 29.8 Å². The van der Waals surface area contributed by atoms with Crippen LogP contribution in [0.2, 0.25) is 0 Å². The van der Waals surface area contributed by atoms with Crippen LogP contribution in [0.15, 0.2) is 29.4 Å². The van der Waals surface area contributed by atoms with Crippen LogP contribution in [0, 0.1) is 0 Å². The normalized spacial score (nSPS) is 10.8. The number of amides is 2. The number of carbonyl (C=O) groups is 2. The Morgan fingerprint density at radius 2 is 2.09 bits per heavy atom. The van der Waals surface area contributed by atoms with Crippen LogP contribution in [0.3, 0.4) is 0 Å². The Morgan fingerprint density at radius 1 is 1.30 bits per heavy atom. The number of methoxy groups -OCH3 is 1. The van der Waals surface area contributed by atoms with Gasteiger partial charge in [0.2, 0.25) is 0 Å². The van der Waals surface area contributed by atoms with E-state index in [0.29, 0.717) is 25.3 Å². The van der Waals surface area contributed by atoms with E-state index in [9.17, 15) is 9.59 Å². The molecular weight excluding hydrogens is 298 g/mol. The molecule has 0 saturated carbocycles. The summed E-state index contributed by atoms with van der Waals surface area (Å²) in [5.41, 5.74) is 2.92. The van der Waals surface area contributed by atoms with E-state index < -0.39 is 11.8 Å². The first kappa shape index (κ1) is 18.6. The molecule has 1 aromatic carbocycles. The number of nitrogens with zero attached hydrogens (tertiary/aromatic N) is 1. The Balaban J connectivity index is 2.29. The number of hydrazone groups is 1. The fourth-order valence-electron chi connectivity index (χ4n) is 1.61. The topological polar surface area (TPSA) is 89.0 Å². The second-order valence-electron chi connectivity index (χ2n) is 5.00. The van der Waals surface area contributed by atoms with Crippen molar-refractivity contribution in [2.75, 3.05) is 20.3 Å². The first-order chi connectivity index (χ1) is 11.0. The molecule has 0 aliphatic carbocycles. The summed E-state index contributed by atoms with van der Waals surface area (Å²) >= 11 is 0. The molecule has 7 nitrogen and oxygen atoms in total. The van der Waals surface area contributed by atoms with Gasteiger partial charge in [0.15, 0.2) is 0 Å². The lowest BCUT2D eigenvalue weighted by Gasteiger charge is -2.07. The zero-order valence-electron chi connectivity index (χ0n) is 13.7. The fourth-order valence-corrected chi connectivity index (χ4v) is 1.61. The molecule has 2 N–H and O–H groups in total. The summed E-state index contributed by atoms with van der Waals surface area (Å²) in [6.07, 6.45) is 2.23. The van der Waals surface area contributed by atoms with E-state index in [0.717, 1.165) is 5.56 Å². The van der Waals surface area contributed by atoms with Gasteiger partial charge >= 0.3 is 11.8 Å². The summed E-state index contributed by atoms with van der Waals surface area (Å²) in [6, 6.07) is 7.15. The number of carbonyl (C=O) groups excluding carboxylic acids is 2. The van der Waals surface area contributed by atoms with Gasteiger partial charge < -0.3 is 14.8 Å². The van der Waals surface area contributed by atoms with Crippen molar-refractivity contribution in [3.8, 4) is 5.75 Å². The molecule has 0 heterocycles. The molecule has 0 atom stereocenters. The van der Waals surface area contributed by atoms with Crippen LogP contribution in [0.1, 0.15) is 25.8 Å². The minimum Gasteiger partial charge on any atom is -0.497 e. The van der Waals surface area contributed by atoms with Crippen molar-refractivity contribution >= 4 is 18.0 Å². The lowest BCUT2D eigenvalue weighted by Crippen LogP contribution is -2.38. The molecule has 0 bridgehead atoms. The minimum atomic E-state index is -0.811. The van der Waals surface area contributed by atoms with E-state index >= 15 is 0 Å². The molecule has 0 aliphatic heterocycles. The minimum absolute atomic E-state index is 0.153. The number of rotatable bonds is 8. The molecule has 126 valence electrons. The maximum absolute atomic E-state index is 11.5. The molecular formula is C16H23N3O4. The zero-order valence-corrected chi connectivity index (χ0v) is 13.7. The Labute approximate surface area is 136 Å². The summed E-state index contributed by atoms with van der Waals surface area (Å²) in [5, 5.41) is 6.24. The van der Waals surface area contributed by atoms with Crippen molar-refractivity contribution < 1.29 is 19.1 Å². The second kappa shape index (κ2) is 10.3. The predicted octanol–water partition coefficient (Wildman–Crippen LogP) is 1.08. The highest BCUT2D eigenvalue weighted by molar-refractivity contribution is 6.35. The summed E-state index contributed by atoms with van der Waals surface area (Å²) in [7, 11) is 1.56. The molecule has 7 heteroatoms. The molecule has 0 fully saturated rings. The molecule has 0 aromatic heterocycles. The van der Waals surface area contributed by atoms with Gasteiger partial charge in [-0.3, -0.25) is 9.59 Å². The monoisotopic (exact) mass is 321 g/mol. The number of hydrogen-bond acceptors (Lipinski definition) is 5. The summed E-state index contributed by atoms with van der Waals surface area (Å²) in [5.74, 6) is -0.854. The molecule has 2 amide bonds. The van der Waals surface area contributed by atoms with Gasteiger partial charge in [0.25, 0.3) is 0 Å². The van der Waals surface area contributed by atoms with Gasteiger partial charge in [-0.15, -0.1) is 0 Å². The van der Waals surface area contributed by atoms with Crippen molar-refractivity contribution in [2.45, 2.75) is 26.4 Å². The average Bonchev–Trinajstić information content (AvgIpc) is 2.54. The predicted molar refractivity (Wildman–Crippen MR) is 87.4 cm³/mol. The van der Waals surface area contributed by atoms with E-state index in [1.807, 2.05) is 13.8 Å². The fraction of sp³-hybridized carbons (Fsp3) is 0.438. The Morgan fingerprint density at radius 3 is 2.78 bits per heavy atom. The zero-order chi connectivity index (χ0) is 17.1. The Hall–Kier alpha value is -2.41. The van der Waals surface area contributed by atoms with E-state index in [-0.39, 0.29) is 6.10 Å². The van der Waals surface area contributed by atoms with Crippen molar-refractivity contribution in [3.63, 3.8) is 0 Å². The molecule has 1 aromatic rings. The first-order valence-electron chi connectivity index (χ1n) is 7.40. The standard InChI is InChI=1S/C16H23N3O4/c1-12(2)23-9-5-8-17-15(20)16(21)19-18-11-13-6-4-7-14(10-13)22-3/h4,6-7,10-12H,5,8-9H2,1-3H3,(H,17,20)(H,19,21)/b18-11+. The van der Waals surface area contributed by atoms with Crippen molar-refractivity contribution in [1.29, 1.82) is 0 Å². The van der Waals surface area contributed by atoms with Crippen LogP contribution < -0.4 is 15.5 Å². The molecule has 0 unspecified atom stereocenters. The largest absolute Gasteiger partial charge is 0.497 e. The van der Waals surface area contributed by atoms with E-state index in [1.54, 1.807) is 31.4 Å². The third kappa shape index (κ3) is 7.96. The third-order valence-electron chi connectivity index (χ3n) is 2.74. The first-order valence-corrected chi connectivity index (χ1v) is 7.40. The smallest absolute Gasteiger partial charge is 0.329 e. The average molecular weight is 321 g/mol. The molecule has 23 heavy (non-hydrogen) atoms. The number of ether oxygens (including phenoxy) is 2. The lowest BCUT2D eigenvalue weighted by atomic mass is 10.2. The number of nitrogens with one attached hydrogen (secondary N) is 2. The molecule has 0 saturated heterocycles. The van der Waals surface area contributed by atoms with E-state index in [1.165, 1.54) is 6.21 Å². The van der Waals surface area contributed by atoms with Crippen molar-refractivity contribution in [1.82, 2.24) is 10.7 Å². The van der Waals surface area contributed by atoms with Gasteiger partial charge in [-0.2, -0.15) is 5.10 Å². The molecule has 0 radical (unpaired) electrons. The highest BCUT2D eigenvalue weighted by atomic mass is 16.5. The third-order valence-corrected chi connectivity index (χ3v) is 2.74. The SMILES string of the molecule is COc1cccc(/C=N/NC(=O)C(=O)NCCCOC(C)C)c1. The van der Waals surface area contributed by atoms with Crippen LogP contribution in [0.5, 0.6) is 5.75 Å². The highest BCUT2D eigenvalue weighted by Crippen LogP contribution is 2.10. The Bertz CT molecular complexity index is 544. The van der Waals surface area contributed by atoms with Gasteiger partial charge in [0.1, 0.15) is 5.75 Å². The van der Waals surface area contributed by atoms with Crippen LogP contribution in [-0.4, -0.2) is 44.4 Å². The highest BCUT2D eigenvalue weighted by Gasteiger charge is 2.11. The lowest BCUT2D eigenvalue weighted by molar-refractivity contribution is -0.139. The second-order valence-corrected chi connectivity index (χ2v) is 5.00. The van der Waals surface area contributed by atoms with Crippen LogP contribution in [0.25, 0.3) is 0 Å². The van der Waals surface area contributed by atoms with Crippen LogP contribution in [-0.2, 0) is 14.3 Å². The maximum atomic E-state index is 11.5. The Kier molecular flexibility index (Phi) is 8.38. The molecule has 1 rings (SSSR count). The van der Waals surface area contributed by atoms with Gasteiger partial charge in [-0.25, -0.2) is 5.43 Å². The quantitative estimate of drug-likeness (QED) is 0.324. The summed E-state index contributed by atoms with van der Waals surface area (Å²) < 4.78 is 10.4. The van der Waals surface area contributed by atoms with Crippen LogP contribution >= 0.6 is 0 Å². The number of hydrogen-bond donors (Lipinski definition) is 2. The molecule has 0 spiro atoms. The maximum Gasteiger partial charge on any atom is 0.329 e. The van der Waals surface area contributed by atoms with Gasteiger partial charge in [-0.1, -0.05) is 12.1 Å². The van der Waals surface area contributed by atoms with Gasteiger partial charge in [0, 0.05) is 13.2 Å². The molecule has 0 aliphatic rings. The van der Waals surface area contributed by atoms with Gasteiger partial charge in [-0.05, 0) is 38.0 Å². The van der Waals surface area contributed by atoms with Crippen molar-refractivity contribution in [2.24, 2.45) is 5.10 Å². The van der Waals surface area contributed by atoms with E-state index in [4.69, 9.17) is 9.47 Å².